The van der Waals surface area contributed by atoms with Gasteiger partial charge in [0.25, 0.3) is 5.69 Å². The number of aryl methyl sites for hydroxylation is 2. The zero-order chi connectivity index (χ0) is 14.0. The van der Waals surface area contributed by atoms with E-state index >= 15 is 0 Å². The minimum atomic E-state index is -0.452. The molecular weight excluding hydrogens is 314 g/mol. The summed E-state index contributed by atoms with van der Waals surface area (Å²) in [5.41, 5.74) is 1.78. The number of hydrogen-bond donors (Lipinski definition) is 0. The third kappa shape index (κ3) is 2.76. The maximum Gasteiger partial charge on any atom is 0.273 e. The lowest BCUT2D eigenvalue weighted by atomic mass is 10.3. The third-order valence-electron chi connectivity index (χ3n) is 2.67. The molecule has 0 N–H and O–H groups in total. The summed E-state index contributed by atoms with van der Waals surface area (Å²) in [6, 6.07) is 6.07. The first-order valence-corrected chi connectivity index (χ1v) is 6.66. The Kier molecular flexibility index (Phi) is 3.84. The number of nitro benzene ring substituents is 1. The van der Waals surface area contributed by atoms with Crippen molar-refractivity contribution in [3.05, 3.63) is 45.6 Å². The van der Waals surface area contributed by atoms with Crippen LogP contribution in [0.1, 0.15) is 11.3 Å². The minimum absolute atomic E-state index is 0.00298. The summed E-state index contributed by atoms with van der Waals surface area (Å²) in [5, 5.41) is 15.6. The number of non-ortho nitro benzene ring substituents is 1. The molecule has 1 aromatic heterocycles. The average molecular weight is 326 g/mol. The van der Waals surface area contributed by atoms with Gasteiger partial charge in [0, 0.05) is 24.0 Å². The van der Waals surface area contributed by atoms with E-state index in [0.717, 1.165) is 11.3 Å². The molecule has 0 saturated heterocycles. The quantitative estimate of drug-likeness (QED) is 0.491. The molecule has 1 heterocycles. The fraction of sp³-hybridized carbons (Fsp3) is 0.250. The number of alkyl halides is 1. The van der Waals surface area contributed by atoms with Gasteiger partial charge < -0.3 is 4.74 Å². The number of hydrogen-bond acceptors (Lipinski definition) is 4. The molecule has 0 spiro atoms. The molecule has 2 aromatic rings. The highest BCUT2D eigenvalue weighted by atomic mass is 79.9. The first kappa shape index (κ1) is 13.5. The summed E-state index contributed by atoms with van der Waals surface area (Å²) in [5.74, 6) is 0.995. The van der Waals surface area contributed by atoms with Crippen LogP contribution in [0.3, 0.4) is 0 Å². The van der Waals surface area contributed by atoms with Crippen LogP contribution in [0.4, 0.5) is 5.69 Å². The molecule has 0 amide bonds. The Hall–Kier alpha value is -1.89. The molecule has 0 saturated carbocycles. The Morgan fingerprint density at radius 3 is 2.89 bits per heavy atom. The Morgan fingerprint density at radius 1 is 1.53 bits per heavy atom. The molecule has 0 bridgehead atoms. The lowest BCUT2D eigenvalue weighted by Crippen LogP contribution is -1.97. The van der Waals surface area contributed by atoms with E-state index in [1.807, 2.05) is 6.92 Å². The molecule has 6 nitrogen and oxygen atoms in total. The van der Waals surface area contributed by atoms with E-state index in [1.165, 1.54) is 12.1 Å². The van der Waals surface area contributed by atoms with Gasteiger partial charge in [0.15, 0.2) is 0 Å². The van der Waals surface area contributed by atoms with Crippen molar-refractivity contribution in [1.82, 2.24) is 9.78 Å². The van der Waals surface area contributed by atoms with Gasteiger partial charge in [-0.05, 0) is 13.0 Å². The summed E-state index contributed by atoms with van der Waals surface area (Å²) < 4.78 is 7.32. The smallest absolute Gasteiger partial charge is 0.273 e. The van der Waals surface area contributed by atoms with Crippen LogP contribution in [-0.2, 0) is 12.4 Å². The highest BCUT2D eigenvalue weighted by Crippen LogP contribution is 2.30. The maximum absolute atomic E-state index is 10.7. The average Bonchev–Trinajstić information content (AvgIpc) is 2.64. The predicted octanol–water partition coefficient (Wildman–Crippen LogP) is 3.32. The number of halogens is 1. The van der Waals surface area contributed by atoms with E-state index in [9.17, 15) is 10.1 Å². The van der Waals surface area contributed by atoms with Crippen molar-refractivity contribution in [2.75, 3.05) is 0 Å². The normalized spacial score (nSPS) is 10.5. The Bertz CT molecular complexity index is 625. The zero-order valence-corrected chi connectivity index (χ0v) is 12.0. The topological polar surface area (TPSA) is 70.2 Å². The van der Waals surface area contributed by atoms with Crippen molar-refractivity contribution in [3.8, 4) is 11.6 Å². The zero-order valence-electron chi connectivity index (χ0n) is 10.5. The standard InChI is InChI=1S/C12H12BrN3O3/c1-8-11(7-13)12(15(2)14-8)19-10-5-3-4-9(6-10)16(17)18/h3-6H,7H2,1-2H3. The maximum atomic E-state index is 10.7. The molecule has 7 heteroatoms. The molecule has 1 aromatic carbocycles. The molecule has 0 aliphatic heterocycles. The van der Waals surface area contributed by atoms with Crippen molar-refractivity contribution in [2.45, 2.75) is 12.3 Å². The van der Waals surface area contributed by atoms with Crippen LogP contribution in [0.15, 0.2) is 24.3 Å². The van der Waals surface area contributed by atoms with Gasteiger partial charge in [0.1, 0.15) is 5.75 Å². The second-order valence-corrected chi connectivity index (χ2v) is 4.54. The largest absolute Gasteiger partial charge is 0.439 e. The highest BCUT2D eigenvalue weighted by Gasteiger charge is 2.15. The van der Waals surface area contributed by atoms with Gasteiger partial charge in [-0.1, -0.05) is 22.0 Å². The second kappa shape index (κ2) is 5.40. The molecule has 0 fully saturated rings. The molecule has 19 heavy (non-hydrogen) atoms. The van der Waals surface area contributed by atoms with E-state index in [-0.39, 0.29) is 5.69 Å². The van der Waals surface area contributed by atoms with Crippen molar-refractivity contribution >= 4 is 21.6 Å². The van der Waals surface area contributed by atoms with Crippen LogP contribution in [0, 0.1) is 17.0 Å². The van der Waals surface area contributed by atoms with E-state index < -0.39 is 4.92 Å². The second-order valence-electron chi connectivity index (χ2n) is 3.98. The number of nitrogens with zero attached hydrogens (tertiary/aromatic N) is 3. The van der Waals surface area contributed by atoms with Gasteiger partial charge in [-0.3, -0.25) is 10.1 Å². The van der Waals surface area contributed by atoms with E-state index in [0.29, 0.717) is 17.0 Å². The fourth-order valence-electron chi connectivity index (χ4n) is 1.73. The number of benzene rings is 1. The van der Waals surface area contributed by atoms with Crippen LogP contribution in [0.2, 0.25) is 0 Å². The van der Waals surface area contributed by atoms with Crippen LogP contribution in [0.25, 0.3) is 0 Å². The fourth-order valence-corrected chi connectivity index (χ4v) is 2.38. The molecule has 0 radical (unpaired) electrons. The summed E-state index contributed by atoms with van der Waals surface area (Å²) >= 11 is 3.38. The molecule has 0 unspecified atom stereocenters. The van der Waals surface area contributed by atoms with Crippen LogP contribution >= 0.6 is 15.9 Å². The SMILES string of the molecule is Cc1nn(C)c(Oc2cccc([N+](=O)[O-])c2)c1CBr. The summed E-state index contributed by atoms with van der Waals surface area (Å²) in [6.45, 7) is 1.89. The number of aromatic nitrogens is 2. The van der Waals surface area contributed by atoms with E-state index in [4.69, 9.17) is 4.74 Å². The molecule has 0 atom stereocenters. The summed E-state index contributed by atoms with van der Waals surface area (Å²) in [7, 11) is 1.77. The van der Waals surface area contributed by atoms with Crippen molar-refractivity contribution in [3.63, 3.8) is 0 Å². The van der Waals surface area contributed by atoms with Crippen LogP contribution in [0.5, 0.6) is 11.6 Å². The lowest BCUT2D eigenvalue weighted by Gasteiger charge is -2.07. The van der Waals surface area contributed by atoms with Crippen LogP contribution < -0.4 is 4.74 Å². The first-order chi connectivity index (χ1) is 9.02. The third-order valence-corrected chi connectivity index (χ3v) is 3.23. The molecule has 0 aliphatic carbocycles. The lowest BCUT2D eigenvalue weighted by molar-refractivity contribution is -0.384. The Morgan fingerprint density at radius 2 is 2.26 bits per heavy atom. The van der Waals surface area contributed by atoms with Crippen molar-refractivity contribution < 1.29 is 9.66 Å². The van der Waals surface area contributed by atoms with Gasteiger partial charge in [-0.25, -0.2) is 4.68 Å². The van der Waals surface area contributed by atoms with Gasteiger partial charge in [-0.2, -0.15) is 5.10 Å². The Labute approximate surface area is 118 Å². The van der Waals surface area contributed by atoms with Crippen LogP contribution in [-0.4, -0.2) is 14.7 Å². The van der Waals surface area contributed by atoms with Crippen molar-refractivity contribution in [2.24, 2.45) is 7.05 Å². The minimum Gasteiger partial charge on any atom is -0.439 e. The summed E-state index contributed by atoms with van der Waals surface area (Å²) in [4.78, 5) is 10.3. The predicted molar refractivity (Wildman–Crippen MR) is 73.7 cm³/mol. The Balaban J connectivity index is 2.36. The summed E-state index contributed by atoms with van der Waals surface area (Å²) in [6.07, 6.45) is 0. The molecule has 2 rings (SSSR count). The van der Waals surface area contributed by atoms with E-state index in [1.54, 1.807) is 23.9 Å². The van der Waals surface area contributed by atoms with E-state index in [2.05, 4.69) is 21.0 Å². The molecule has 100 valence electrons. The molecule has 0 aliphatic rings. The first-order valence-electron chi connectivity index (χ1n) is 5.53. The highest BCUT2D eigenvalue weighted by molar-refractivity contribution is 9.08. The monoisotopic (exact) mass is 325 g/mol. The van der Waals surface area contributed by atoms with Crippen molar-refractivity contribution in [1.29, 1.82) is 0 Å². The number of nitro groups is 1. The van der Waals surface area contributed by atoms with Gasteiger partial charge in [0.2, 0.25) is 5.88 Å². The van der Waals surface area contributed by atoms with Gasteiger partial charge >= 0.3 is 0 Å². The van der Waals surface area contributed by atoms with Gasteiger partial charge in [-0.15, -0.1) is 0 Å². The van der Waals surface area contributed by atoms with Gasteiger partial charge in [0.05, 0.1) is 16.7 Å². The number of ether oxygens (including phenoxy) is 1. The number of rotatable bonds is 4. The molecular formula is C12H12BrN3O3.